The molecular formula is C23H29N5O5. The summed E-state index contributed by atoms with van der Waals surface area (Å²) in [5.74, 6) is -0.341. The summed E-state index contributed by atoms with van der Waals surface area (Å²) in [4.78, 5) is 45.9. The molecule has 3 atom stereocenters. The molecule has 2 aromatic heterocycles. The lowest BCUT2D eigenvalue weighted by molar-refractivity contribution is -0.0240. The monoisotopic (exact) mass is 455 g/mol. The van der Waals surface area contributed by atoms with E-state index in [1.807, 2.05) is 24.5 Å². The van der Waals surface area contributed by atoms with Crippen molar-refractivity contribution >= 4 is 16.9 Å². The maximum absolute atomic E-state index is 13.4. The average molecular weight is 456 g/mol. The number of carbonyl (C=O) groups is 1. The number of aliphatic hydroxyl groups is 2. The summed E-state index contributed by atoms with van der Waals surface area (Å²) in [6.07, 6.45) is 2.09. The van der Waals surface area contributed by atoms with Gasteiger partial charge in [0.15, 0.2) is 0 Å². The molecule has 1 aromatic carbocycles. The van der Waals surface area contributed by atoms with Crippen LogP contribution in [0, 0.1) is 6.92 Å². The van der Waals surface area contributed by atoms with Gasteiger partial charge in [-0.05, 0) is 45.9 Å². The molecular weight excluding hydrogens is 426 g/mol. The third-order valence-corrected chi connectivity index (χ3v) is 6.34. The Hall–Kier alpha value is -3.24. The van der Waals surface area contributed by atoms with Crippen molar-refractivity contribution in [3.63, 3.8) is 0 Å². The van der Waals surface area contributed by atoms with Crippen LogP contribution in [0.25, 0.3) is 11.0 Å². The number of amides is 1. The molecule has 10 nitrogen and oxygen atoms in total. The smallest absolute Gasteiger partial charge is 0.328 e. The number of carbonyl (C=O) groups excluding carboxylic acids is 1. The summed E-state index contributed by atoms with van der Waals surface area (Å²) in [7, 11) is 0. The fourth-order valence-corrected chi connectivity index (χ4v) is 4.54. The highest BCUT2D eigenvalue weighted by atomic mass is 16.3. The van der Waals surface area contributed by atoms with Crippen molar-refractivity contribution in [3.05, 3.63) is 62.7 Å². The Bertz CT molecular complexity index is 1320. The van der Waals surface area contributed by atoms with Gasteiger partial charge >= 0.3 is 5.69 Å². The molecule has 0 spiro atoms. The lowest BCUT2D eigenvalue weighted by Crippen LogP contribution is -2.47. The highest BCUT2D eigenvalue weighted by molar-refractivity contribution is 5.97. The minimum Gasteiger partial charge on any atom is -0.391 e. The lowest BCUT2D eigenvalue weighted by atomic mass is 9.91. The minimum atomic E-state index is -1.50. The maximum atomic E-state index is 13.4. The van der Waals surface area contributed by atoms with E-state index in [-0.39, 0.29) is 31.5 Å². The van der Waals surface area contributed by atoms with Crippen LogP contribution in [0.4, 0.5) is 0 Å². The van der Waals surface area contributed by atoms with Gasteiger partial charge in [0.05, 0.1) is 35.1 Å². The van der Waals surface area contributed by atoms with Crippen LogP contribution in [0.3, 0.4) is 0 Å². The minimum absolute atomic E-state index is 0.00103. The number of nitrogens with zero attached hydrogens (tertiary/aromatic N) is 4. The Morgan fingerprint density at radius 1 is 1.27 bits per heavy atom. The fraction of sp³-hybridized carbons (Fsp3) is 0.478. The first-order chi connectivity index (χ1) is 15.5. The van der Waals surface area contributed by atoms with Crippen LogP contribution in [-0.4, -0.2) is 64.9 Å². The van der Waals surface area contributed by atoms with Crippen LogP contribution < -0.4 is 11.2 Å². The van der Waals surface area contributed by atoms with E-state index in [9.17, 15) is 24.6 Å². The summed E-state index contributed by atoms with van der Waals surface area (Å²) in [6.45, 7) is 7.15. The Labute approximate surface area is 190 Å². The first-order valence-corrected chi connectivity index (χ1v) is 11.0. The van der Waals surface area contributed by atoms with Gasteiger partial charge < -0.3 is 19.7 Å². The highest BCUT2D eigenvalue weighted by Crippen LogP contribution is 2.31. The molecule has 3 aromatic rings. The lowest BCUT2D eigenvalue weighted by Gasteiger charge is -2.34. The number of benzene rings is 1. The number of imidazole rings is 1. The predicted octanol–water partition coefficient (Wildman–Crippen LogP) is 0.975. The van der Waals surface area contributed by atoms with E-state index in [0.717, 1.165) is 5.52 Å². The van der Waals surface area contributed by atoms with E-state index in [0.29, 0.717) is 16.6 Å². The van der Waals surface area contributed by atoms with Gasteiger partial charge in [0.25, 0.3) is 11.5 Å². The summed E-state index contributed by atoms with van der Waals surface area (Å²) >= 11 is 0. The Kier molecular flexibility index (Phi) is 5.75. The highest BCUT2D eigenvalue weighted by Gasteiger charge is 2.42. The van der Waals surface area contributed by atoms with Crippen molar-refractivity contribution in [2.24, 2.45) is 0 Å². The second-order valence-corrected chi connectivity index (χ2v) is 9.37. The topological polar surface area (TPSA) is 133 Å². The zero-order chi connectivity index (χ0) is 24.1. The number of nitrogens with one attached hydrogen (secondary N) is 1. The third kappa shape index (κ3) is 4.23. The molecule has 0 saturated carbocycles. The van der Waals surface area contributed by atoms with Gasteiger partial charge in [-0.3, -0.25) is 19.1 Å². The van der Waals surface area contributed by atoms with Gasteiger partial charge in [-0.2, -0.15) is 0 Å². The van der Waals surface area contributed by atoms with Crippen LogP contribution in [-0.2, 0) is 0 Å². The van der Waals surface area contributed by atoms with Gasteiger partial charge in [0.2, 0.25) is 0 Å². The number of rotatable bonds is 3. The number of H-pyrrole nitrogens is 1. The van der Waals surface area contributed by atoms with Crippen molar-refractivity contribution in [3.8, 4) is 0 Å². The quantitative estimate of drug-likeness (QED) is 0.539. The number of aliphatic hydroxyl groups excluding tert-OH is 1. The molecule has 10 heteroatoms. The van der Waals surface area contributed by atoms with Gasteiger partial charge in [-0.15, -0.1) is 0 Å². The first-order valence-electron chi connectivity index (χ1n) is 11.0. The summed E-state index contributed by atoms with van der Waals surface area (Å²) in [5.41, 5.74) is -0.391. The van der Waals surface area contributed by atoms with E-state index in [4.69, 9.17) is 0 Å². The third-order valence-electron chi connectivity index (χ3n) is 6.34. The van der Waals surface area contributed by atoms with Crippen LogP contribution in [0.15, 0.2) is 40.3 Å². The van der Waals surface area contributed by atoms with Crippen LogP contribution >= 0.6 is 0 Å². The second kappa shape index (κ2) is 8.27. The Morgan fingerprint density at radius 2 is 2.00 bits per heavy atom. The van der Waals surface area contributed by atoms with E-state index in [2.05, 4.69) is 9.97 Å². The molecule has 1 saturated heterocycles. The van der Waals surface area contributed by atoms with Gasteiger partial charge in [-0.1, -0.05) is 0 Å². The Balaban J connectivity index is 1.72. The second-order valence-electron chi connectivity index (χ2n) is 9.37. The summed E-state index contributed by atoms with van der Waals surface area (Å²) < 4.78 is 3.25. The van der Waals surface area contributed by atoms with Gasteiger partial charge in [0, 0.05) is 42.9 Å². The maximum Gasteiger partial charge on any atom is 0.328 e. The van der Waals surface area contributed by atoms with E-state index in [1.54, 1.807) is 25.4 Å². The average Bonchev–Trinajstić information content (AvgIpc) is 3.11. The van der Waals surface area contributed by atoms with E-state index >= 15 is 0 Å². The molecule has 0 bridgehead atoms. The predicted molar refractivity (Wildman–Crippen MR) is 122 cm³/mol. The molecule has 1 aliphatic heterocycles. The number of hydrogen-bond donors (Lipinski definition) is 3. The van der Waals surface area contributed by atoms with Crippen LogP contribution in [0.1, 0.15) is 55.2 Å². The van der Waals surface area contributed by atoms with Crippen molar-refractivity contribution < 1.29 is 15.0 Å². The number of fused-ring (bicyclic) bond motifs is 1. The standard InChI is InChI=1S/C23H29N5O5/c1-13(2)28-12-24-17-7-15(5-6-18(17)28)21(31)26-10-16(29)8-23(4,33)19(11-26)27-9-14(3)20(30)25-22(27)32/h5-7,9,12-13,16,19,29,33H,8,10-11H2,1-4H3,(H,25,30,32)/t16-,19+,23+/m1/s1. The Morgan fingerprint density at radius 3 is 2.70 bits per heavy atom. The normalized spacial score (nSPS) is 23.8. The molecule has 1 amide bonds. The summed E-state index contributed by atoms with van der Waals surface area (Å²) in [5, 5.41) is 21.7. The first kappa shape index (κ1) is 22.9. The molecule has 33 heavy (non-hydrogen) atoms. The van der Waals surface area contributed by atoms with Crippen molar-refractivity contribution in [1.82, 2.24) is 24.0 Å². The van der Waals surface area contributed by atoms with Gasteiger partial charge in [0.1, 0.15) is 0 Å². The van der Waals surface area contributed by atoms with Crippen molar-refractivity contribution in [2.45, 2.75) is 57.9 Å². The number of aryl methyl sites for hydroxylation is 1. The molecule has 176 valence electrons. The zero-order valence-corrected chi connectivity index (χ0v) is 19.1. The largest absolute Gasteiger partial charge is 0.391 e. The SMILES string of the molecule is Cc1cn([C@H]2CN(C(=O)c3ccc4c(c3)ncn4C(C)C)C[C@H](O)C[C@]2(C)O)c(=O)[nH]c1=O. The molecule has 3 heterocycles. The number of aromatic nitrogens is 4. The zero-order valence-electron chi connectivity index (χ0n) is 19.1. The number of hydrogen-bond acceptors (Lipinski definition) is 6. The fourth-order valence-electron chi connectivity index (χ4n) is 4.54. The molecule has 1 aliphatic rings. The number of aromatic amines is 1. The number of β-amino-alcohol motifs (C(OH)–C–C–N with tert-alkyl or cyclic N) is 1. The summed E-state index contributed by atoms with van der Waals surface area (Å²) in [6, 6.07) is 4.61. The molecule has 4 rings (SSSR count). The van der Waals surface area contributed by atoms with Crippen LogP contribution in [0.5, 0.6) is 0 Å². The van der Waals surface area contributed by atoms with Gasteiger partial charge in [-0.25, -0.2) is 9.78 Å². The molecule has 3 N–H and O–H groups in total. The number of likely N-dealkylation sites (tertiary alicyclic amines) is 1. The van der Waals surface area contributed by atoms with Crippen LogP contribution in [0.2, 0.25) is 0 Å². The van der Waals surface area contributed by atoms with Crippen molar-refractivity contribution in [1.29, 1.82) is 0 Å². The molecule has 0 unspecified atom stereocenters. The molecule has 0 radical (unpaired) electrons. The molecule has 0 aliphatic carbocycles. The molecule has 1 fully saturated rings. The van der Waals surface area contributed by atoms with E-state index in [1.165, 1.54) is 22.6 Å². The van der Waals surface area contributed by atoms with Crippen molar-refractivity contribution in [2.75, 3.05) is 13.1 Å². The van der Waals surface area contributed by atoms with E-state index < -0.39 is 29.0 Å².